The van der Waals surface area contributed by atoms with Crippen molar-refractivity contribution in [3.63, 3.8) is 0 Å². The van der Waals surface area contributed by atoms with Gasteiger partial charge in [0.05, 0.1) is 15.6 Å². The second-order valence-electron chi connectivity index (χ2n) is 5.33. The van der Waals surface area contributed by atoms with Gasteiger partial charge in [0.25, 0.3) is 5.91 Å². The van der Waals surface area contributed by atoms with Gasteiger partial charge in [0, 0.05) is 10.9 Å². The molecule has 2 atom stereocenters. The highest BCUT2D eigenvalue weighted by molar-refractivity contribution is 7.98. The van der Waals surface area contributed by atoms with E-state index in [0.717, 1.165) is 24.2 Å². The van der Waals surface area contributed by atoms with E-state index in [0.29, 0.717) is 28.1 Å². The number of amides is 1. The molecule has 0 bridgehead atoms. The summed E-state index contributed by atoms with van der Waals surface area (Å²) >= 11 is 13.7. The van der Waals surface area contributed by atoms with Crippen molar-refractivity contribution in [3.05, 3.63) is 27.7 Å². The number of hydrogen-bond donors (Lipinski definition) is 2. The molecule has 1 saturated carbocycles. The van der Waals surface area contributed by atoms with E-state index in [9.17, 15) is 4.79 Å². The zero-order chi connectivity index (χ0) is 15.4. The van der Waals surface area contributed by atoms with Gasteiger partial charge in [-0.25, -0.2) is 0 Å². The smallest absolute Gasteiger partial charge is 0.253 e. The molecule has 3 nitrogen and oxygen atoms in total. The molecule has 3 N–H and O–H groups in total. The van der Waals surface area contributed by atoms with Crippen LogP contribution in [0.3, 0.4) is 0 Å². The lowest BCUT2D eigenvalue weighted by Gasteiger charge is -2.31. The van der Waals surface area contributed by atoms with E-state index in [1.807, 2.05) is 6.26 Å². The van der Waals surface area contributed by atoms with Crippen LogP contribution in [0.1, 0.15) is 36.0 Å². The van der Waals surface area contributed by atoms with Crippen molar-refractivity contribution in [1.29, 1.82) is 0 Å². The first-order valence-corrected chi connectivity index (χ1v) is 9.08. The van der Waals surface area contributed by atoms with Crippen LogP contribution < -0.4 is 11.1 Å². The highest BCUT2D eigenvalue weighted by atomic mass is 35.5. The Balaban J connectivity index is 2.16. The van der Waals surface area contributed by atoms with Crippen molar-refractivity contribution in [2.75, 3.05) is 12.8 Å². The van der Waals surface area contributed by atoms with Crippen molar-refractivity contribution < 1.29 is 4.79 Å². The van der Waals surface area contributed by atoms with E-state index in [1.165, 1.54) is 18.2 Å². The third-order valence-corrected chi connectivity index (χ3v) is 5.53. The fourth-order valence-electron chi connectivity index (χ4n) is 2.79. The predicted octanol–water partition coefficient (Wildman–Crippen LogP) is 3.96. The number of nitrogens with two attached hydrogens (primary N) is 1. The standard InChI is InChI=1S/C15H20Cl2N2OS/c1-21-14-6-10(11(16)7-12(14)17)15(20)19-13-5-3-2-4-9(13)8-18/h6-7,9,13H,2-5,8,18H2,1H3,(H,19,20). The van der Waals surface area contributed by atoms with Gasteiger partial charge in [0.2, 0.25) is 0 Å². The number of carbonyl (C=O) groups is 1. The molecule has 0 spiro atoms. The molecule has 1 aliphatic carbocycles. The summed E-state index contributed by atoms with van der Waals surface area (Å²) in [6.45, 7) is 0.607. The lowest BCUT2D eigenvalue weighted by atomic mass is 9.84. The van der Waals surface area contributed by atoms with E-state index in [1.54, 1.807) is 12.1 Å². The maximum absolute atomic E-state index is 12.5. The van der Waals surface area contributed by atoms with Crippen LogP contribution in [-0.4, -0.2) is 24.7 Å². The van der Waals surface area contributed by atoms with Crippen molar-refractivity contribution in [1.82, 2.24) is 5.32 Å². The monoisotopic (exact) mass is 346 g/mol. The van der Waals surface area contributed by atoms with E-state index in [2.05, 4.69) is 5.32 Å². The number of hydrogen-bond acceptors (Lipinski definition) is 3. The van der Waals surface area contributed by atoms with E-state index in [-0.39, 0.29) is 11.9 Å². The van der Waals surface area contributed by atoms with Crippen molar-refractivity contribution >= 4 is 40.9 Å². The zero-order valence-electron chi connectivity index (χ0n) is 12.0. The van der Waals surface area contributed by atoms with Crippen LogP contribution in [0, 0.1) is 5.92 Å². The molecule has 116 valence electrons. The lowest BCUT2D eigenvalue weighted by Crippen LogP contribution is -2.44. The zero-order valence-corrected chi connectivity index (χ0v) is 14.3. The Morgan fingerprint density at radius 2 is 2.05 bits per heavy atom. The quantitative estimate of drug-likeness (QED) is 0.811. The van der Waals surface area contributed by atoms with Crippen molar-refractivity contribution in [2.24, 2.45) is 11.7 Å². The van der Waals surface area contributed by atoms with Gasteiger partial charge in [-0.1, -0.05) is 36.0 Å². The van der Waals surface area contributed by atoms with E-state index >= 15 is 0 Å². The Morgan fingerprint density at radius 3 is 2.71 bits per heavy atom. The molecule has 2 unspecified atom stereocenters. The molecule has 2 rings (SSSR count). The normalized spacial score (nSPS) is 22.1. The van der Waals surface area contributed by atoms with Crippen LogP contribution in [-0.2, 0) is 0 Å². The number of benzene rings is 1. The Kier molecular flexibility index (Phi) is 6.23. The minimum atomic E-state index is -0.141. The molecule has 1 amide bonds. The number of halogens is 2. The largest absolute Gasteiger partial charge is 0.349 e. The van der Waals surface area contributed by atoms with Crippen LogP contribution >= 0.6 is 35.0 Å². The molecule has 0 saturated heterocycles. The molecule has 21 heavy (non-hydrogen) atoms. The predicted molar refractivity (Wildman–Crippen MR) is 90.5 cm³/mol. The number of carbonyl (C=O) groups excluding carboxylic acids is 1. The second-order valence-corrected chi connectivity index (χ2v) is 6.99. The molecular weight excluding hydrogens is 327 g/mol. The van der Waals surface area contributed by atoms with Crippen LogP contribution in [0.2, 0.25) is 10.0 Å². The first-order valence-electron chi connectivity index (χ1n) is 7.10. The highest BCUT2D eigenvalue weighted by Gasteiger charge is 2.26. The second kappa shape index (κ2) is 7.73. The highest BCUT2D eigenvalue weighted by Crippen LogP contribution is 2.31. The maximum Gasteiger partial charge on any atom is 0.253 e. The van der Waals surface area contributed by atoms with Gasteiger partial charge >= 0.3 is 0 Å². The molecule has 1 aromatic rings. The molecule has 6 heteroatoms. The molecule has 1 aromatic carbocycles. The molecular formula is C15H20Cl2N2OS. The van der Waals surface area contributed by atoms with Gasteiger partial charge in [-0.3, -0.25) is 4.79 Å². The van der Waals surface area contributed by atoms with Gasteiger partial charge in [0.1, 0.15) is 0 Å². The van der Waals surface area contributed by atoms with Crippen LogP contribution in [0.4, 0.5) is 0 Å². The molecule has 1 fully saturated rings. The summed E-state index contributed by atoms with van der Waals surface area (Å²) in [5, 5.41) is 4.05. The van der Waals surface area contributed by atoms with Gasteiger partial charge in [-0.15, -0.1) is 11.8 Å². The van der Waals surface area contributed by atoms with Gasteiger partial charge in [-0.2, -0.15) is 0 Å². The van der Waals surface area contributed by atoms with E-state index in [4.69, 9.17) is 28.9 Å². The summed E-state index contributed by atoms with van der Waals surface area (Å²) in [7, 11) is 0. The Bertz CT molecular complexity index is 525. The Morgan fingerprint density at radius 1 is 1.33 bits per heavy atom. The number of rotatable bonds is 4. The minimum absolute atomic E-state index is 0.140. The van der Waals surface area contributed by atoms with Gasteiger partial charge in [-0.05, 0) is 43.7 Å². The van der Waals surface area contributed by atoms with Crippen molar-refractivity contribution in [2.45, 2.75) is 36.6 Å². The summed E-state index contributed by atoms with van der Waals surface area (Å²) in [4.78, 5) is 13.3. The average Bonchev–Trinajstić information content (AvgIpc) is 2.47. The van der Waals surface area contributed by atoms with Crippen LogP contribution in [0.5, 0.6) is 0 Å². The molecule has 0 aromatic heterocycles. The summed E-state index contributed by atoms with van der Waals surface area (Å²) < 4.78 is 0. The molecule has 0 radical (unpaired) electrons. The Hall–Kier alpha value is -0.420. The lowest BCUT2D eigenvalue weighted by molar-refractivity contribution is 0.0908. The summed E-state index contributed by atoms with van der Waals surface area (Å²) in [5.41, 5.74) is 6.28. The third-order valence-electron chi connectivity index (χ3n) is 4.01. The number of nitrogens with one attached hydrogen (secondary N) is 1. The fraction of sp³-hybridized carbons (Fsp3) is 0.533. The fourth-order valence-corrected chi connectivity index (χ4v) is 3.98. The molecule has 1 aliphatic rings. The minimum Gasteiger partial charge on any atom is -0.349 e. The average molecular weight is 347 g/mol. The SMILES string of the molecule is CSc1cc(C(=O)NC2CCCCC2CN)c(Cl)cc1Cl. The first-order chi connectivity index (χ1) is 10.1. The topological polar surface area (TPSA) is 55.1 Å². The van der Waals surface area contributed by atoms with Crippen LogP contribution in [0.15, 0.2) is 17.0 Å². The first kappa shape index (κ1) is 16.9. The summed E-state index contributed by atoms with van der Waals surface area (Å²) in [5.74, 6) is 0.214. The van der Waals surface area contributed by atoms with Gasteiger partial charge < -0.3 is 11.1 Å². The number of thioether (sulfide) groups is 1. The van der Waals surface area contributed by atoms with Crippen molar-refractivity contribution in [3.8, 4) is 0 Å². The molecule has 0 aliphatic heterocycles. The van der Waals surface area contributed by atoms with E-state index < -0.39 is 0 Å². The summed E-state index contributed by atoms with van der Waals surface area (Å²) in [6, 6.07) is 3.52. The molecule has 0 heterocycles. The Labute approximate surface area is 139 Å². The third kappa shape index (κ3) is 4.07. The van der Waals surface area contributed by atoms with Crippen LogP contribution in [0.25, 0.3) is 0 Å². The maximum atomic E-state index is 12.5. The van der Waals surface area contributed by atoms with Gasteiger partial charge in [0.15, 0.2) is 0 Å². The summed E-state index contributed by atoms with van der Waals surface area (Å²) in [6.07, 6.45) is 6.29.